The average molecular weight is 457 g/mol. The Morgan fingerprint density at radius 3 is 2.19 bits per heavy atom. The summed E-state index contributed by atoms with van der Waals surface area (Å²) in [5.74, 6) is 0.384. The SMILES string of the molecule is C=C[C@](CCCCCC)(C(C)C)[C@H](NS(=O)C(C)(C)C)c1ccc(Br)cc1. The van der Waals surface area contributed by atoms with E-state index in [1.165, 1.54) is 24.8 Å². The van der Waals surface area contributed by atoms with Gasteiger partial charge in [0.25, 0.3) is 0 Å². The third kappa shape index (κ3) is 6.83. The van der Waals surface area contributed by atoms with Crippen molar-refractivity contribution in [2.75, 3.05) is 0 Å². The van der Waals surface area contributed by atoms with E-state index in [9.17, 15) is 4.21 Å². The molecule has 1 N–H and O–H groups in total. The fourth-order valence-corrected chi connectivity index (χ4v) is 4.69. The van der Waals surface area contributed by atoms with Crippen LogP contribution in [0.25, 0.3) is 0 Å². The highest BCUT2D eigenvalue weighted by Crippen LogP contribution is 2.46. The van der Waals surface area contributed by atoms with Crippen LogP contribution in [0.5, 0.6) is 0 Å². The summed E-state index contributed by atoms with van der Waals surface area (Å²) in [4.78, 5) is 0. The molecule has 0 aromatic heterocycles. The second-order valence-electron chi connectivity index (χ2n) is 8.77. The Bertz CT molecular complexity index is 606. The predicted molar refractivity (Wildman–Crippen MR) is 124 cm³/mol. The number of unbranched alkanes of at least 4 members (excludes halogenated alkanes) is 3. The summed E-state index contributed by atoms with van der Waals surface area (Å²) in [6, 6.07) is 8.36. The minimum absolute atomic E-state index is 0.0372. The molecule has 0 aliphatic carbocycles. The average Bonchev–Trinajstić information content (AvgIpc) is 2.60. The molecule has 0 aliphatic rings. The highest BCUT2D eigenvalue weighted by atomic mass is 79.9. The van der Waals surface area contributed by atoms with Crippen LogP contribution < -0.4 is 4.72 Å². The second-order valence-corrected chi connectivity index (χ2v) is 11.7. The largest absolute Gasteiger partial charge is 0.242 e. The monoisotopic (exact) mass is 455 g/mol. The Hall–Kier alpha value is -0.450. The maximum Gasteiger partial charge on any atom is 0.0976 e. The summed E-state index contributed by atoms with van der Waals surface area (Å²) in [6.07, 6.45) is 8.04. The summed E-state index contributed by atoms with van der Waals surface area (Å²) < 4.78 is 17.3. The molecule has 0 spiro atoms. The van der Waals surface area contributed by atoms with Crippen molar-refractivity contribution < 1.29 is 4.21 Å². The van der Waals surface area contributed by atoms with Crippen molar-refractivity contribution in [3.05, 3.63) is 47.0 Å². The molecule has 4 heteroatoms. The van der Waals surface area contributed by atoms with Gasteiger partial charge in [-0.05, 0) is 50.8 Å². The van der Waals surface area contributed by atoms with Gasteiger partial charge in [-0.1, -0.05) is 80.6 Å². The van der Waals surface area contributed by atoms with Crippen molar-refractivity contribution >= 4 is 26.9 Å². The van der Waals surface area contributed by atoms with Gasteiger partial charge in [-0.2, -0.15) is 0 Å². The van der Waals surface area contributed by atoms with Crippen molar-refractivity contribution in [2.24, 2.45) is 11.3 Å². The van der Waals surface area contributed by atoms with Crippen LogP contribution in [0, 0.1) is 11.3 Å². The van der Waals surface area contributed by atoms with Crippen LogP contribution in [-0.2, 0) is 11.0 Å². The summed E-state index contributed by atoms with van der Waals surface area (Å²) in [6.45, 7) is 17.0. The smallest absolute Gasteiger partial charge is 0.0976 e. The minimum Gasteiger partial charge on any atom is -0.242 e. The van der Waals surface area contributed by atoms with E-state index in [1.807, 2.05) is 20.8 Å². The van der Waals surface area contributed by atoms with E-state index in [0.29, 0.717) is 5.92 Å². The minimum atomic E-state index is -1.16. The molecule has 1 aromatic rings. The van der Waals surface area contributed by atoms with Crippen LogP contribution in [-0.4, -0.2) is 8.96 Å². The Labute approximate surface area is 178 Å². The zero-order valence-electron chi connectivity index (χ0n) is 18.0. The molecule has 0 amide bonds. The molecule has 1 aromatic carbocycles. The number of halogens is 1. The molecule has 0 saturated heterocycles. The Morgan fingerprint density at radius 2 is 1.74 bits per heavy atom. The summed E-state index contributed by atoms with van der Waals surface area (Å²) in [5, 5.41) is 0. The molecule has 2 nitrogen and oxygen atoms in total. The lowest BCUT2D eigenvalue weighted by Crippen LogP contribution is -2.45. The first-order valence-electron chi connectivity index (χ1n) is 10.2. The van der Waals surface area contributed by atoms with Crippen LogP contribution in [0.15, 0.2) is 41.4 Å². The summed E-state index contributed by atoms with van der Waals surface area (Å²) in [7, 11) is -1.16. The molecule has 0 radical (unpaired) electrons. The molecule has 3 atom stereocenters. The first kappa shape index (κ1) is 24.6. The molecule has 0 bridgehead atoms. The molecule has 154 valence electrons. The number of rotatable bonds is 11. The Morgan fingerprint density at radius 1 is 1.15 bits per heavy atom. The summed E-state index contributed by atoms with van der Waals surface area (Å²) in [5.41, 5.74) is 1.02. The van der Waals surface area contributed by atoms with Crippen LogP contribution in [0.1, 0.15) is 85.3 Å². The normalized spacial score (nSPS) is 16.7. The number of hydrogen-bond donors (Lipinski definition) is 1. The van der Waals surface area contributed by atoms with E-state index in [0.717, 1.165) is 17.3 Å². The maximum atomic E-state index is 13.0. The quantitative estimate of drug-likeness (QED) is 0.274. The lowest BCUT2D eigenvalue weighted by molar-refractivity contribution is 0.176. The van der Waals surface area contributed by atoms with Gasteiger partial charge in [-0.3, -0.25) is 0 Å². The lowest BCUT2D eigenvalue weighted by atomic mass is 9.66. The molecule has 1 unspecified atom stereocenters. The van der Waals surface area contributed by atoms with Crippen LogP contribution in [0.4, 0.5) is 0 Å². The number of nitrogens with one attached hydrogen (secondary N) is 1. The molecule has 0 aliphatic heterocycles. The van der Waals surface area contributed by atoms with Crippen molar-refractivity contribution in [2.45, 2.75) is 84.4 Å². The summed E-state index contributed by atoms with van der Waals surface area (Å²) >= 11 is 3.53. The molecule has 0 fully saturated rings. The van der Waals surface area contributed by atoms with Crippen LogP contribution in [0.3, 0.4) is 0 Å². The van der Waals surface area contributed by atoms with Gasteiger partial charge < -0.3 is 0 Å². The first-order valence-corrected chi connectivity index (χ1v) is 12.1. The van der Waals surface area contributed by atoms with Gasteiger partial charge in [0.05, 0.1) is 21.8 Å². The highest BCUT2D eigenvalue weighted by Gasteiger charge is 2.41. The molecule has 27 heavy (non-hydrogen) atoms. The highest BCUT2D eigenvalue weighted by molar-refractivity contribution is 9.10. The van der Waals surface area contributed by atoms with Gasteiger partial charge in [0.1, 0.15) is 0 Å². The van der Waals surface area contributed by atoms with Gasteiger partial charge >= 0.3 is 0 Å². The third-order valence-electron chi connectivity index (χ3n) is 5.44. The third-order valence-corrected chi connectivity index (χ3v) is 7.53. The first-order chi connectivity index (χ1) is 12.6. The van der Waals surface area contributed by atoms with E-state index < -0.39 is 11.0 Å². The number of benzene rings is 1. The van der Waals surface area contributed by atoms with Crippen molar-refractivity contribution in [1.29, 1.82) is 0 Å². The van der Waals surface area contributed by atoms with E-state index in [2.05, 4.69) is 78.3 Å². The van der Waals surface area contributed by atoms with E-state index >= 15 is 0 Å². The van der Waals surface area contributed by atoms with Gasteiger partial charge in [0, 0.05) is 9.89 Å². The molecular weight excluding hydrogens is 418 g/mol. The zero-order chi connectivity index (χ0) is 20.7. The van der Waals surface area contributed by atoms with E-state index in [4.69, 9.17) is 0 Å². The Kier molecular flexibility index (Phi) is 9.95. The van der Waals surface area contributed by atoms with Gasteiger partial charge in [-0.15, -0.1) is 6.58 Å². The van der Waals surface area contributed by atoms with Gasteiger partial charge in [0.2, 0.25) is 0 Å². The molecule has 0 heterocycles. The van der Waals surface area contributed by atoms with Gasteiger partial charge in [0.15, 0.2) is 0 Å². The molecule has 1 rings (SSSR count). The molecular formula is C23H38BrNOS. The number of hydrogen-bond acceptors (Lipinski definition) is 1. The standard InChI is InChI=1S/C23H38BrNOS/c1-8-10-11-12-17-23(9-2,18(3)4)21(25-27(26)22(5,6)7)19-13-15-20(24)16-14-19/h9,13-16,18,21,25H,2,8,10-12,17H2,1,3-7H3/t21-,23+,27?/m1/s1. The predicted octanol–water partition coefficient (Wildman–Crippen LogP) is 7.34. The topological polar surface area (TPSA) is 29.1 Å². The zero-order valence-corrected chi connectivity index (χ0v) is 20.4. The maximum absolute atomic E-state index is 13.0. The van der Waals surface area contributed by atoms with Crippen LogP contribution >= 0.6 is 15.9 Å². The Balaban J connectivity index is 3.33. The van der Waals surface area contributed by atoms with E-state index in [1.54, 1.807) is 0 Å². The van der Waals surface area contributed by atoms with E-state index in [-0.39, 0.29) is 16.2 Å². The van der Waals surface area contributed by atoms with Crippen LogP contribution in [0.2, 0.25) is 0 Å². The van der Waals surface area contributed by atoms with Crippen molar-refractivity contribution in [3.63, 3.8) is 0 Å². The fraction of sp³-hybridized carbons (Fsp3) is 0.652. The fourth-order valence-electron chi connectivity index (χ4n) is 3.51. The lowest BCUT2D eigenvalue weighted by Gasteiger charge is -2.43. The van der Waals surface area contributed by atoms with Crippen molar-refractivity contribution in [3.8, 4) is 0 Å². The van der Waals surface area contributed by atoms with Gasteiger partial charge in [-0.25, -0.2) is 8.93 Å². The second kappa shape index (κ2) is 10.9. The van der Waals surface area contributed by atoms with Crippen molar-refractivity contribution in [1.82, 2.24) is 4.72 Å². The molecule has 0 saturated carbocycles.